The Labute approximate surface area is 339 Å². The number of esters is 1. The number of carbonyl (C=O) groups is 6. The second kappa shape index (κ2) is 20.5. The van der Waals surface area contributed by atoms with Crippen LogP contribution in [-0.4, -0.2) is 119 Å². The van der Waals surface area contributed by atoms with Crippen LogP contribution in [0, 0.1) is 17.8 Å². The lowest BCUT2D eigenvalue weighted by Crippen LogP contribution is -2.62. The van der Waals surface area contributed by atoms with Gasteiger partial charge < -0.3 is 34.4 Å². The molecule has 0 saturated carbocycles. The molecule has 0 bridgehead atoms. The van der Waals surface area contributed by atoms with Crippen molar-refractivity contribution in [1.29, 1.82) is 0 Å². The maximum absolute atomic E-state index is 14.7. The van der Waals surface area contributed by atoms with Gasteiger partial charge in [0, 0.05) is 34.1 Å². The van der Waals surface area contributed by atoms with Gasteiger partial charge in [-0.15, -0.1) is 0 Å². The highest BCUT2D eigenvalue weighted by molar-refractivity contribution is 5.96. The number of rotatable bonds is 16. The molecule has 0 aromatic heterocycles. The molecule has 13 heteroatoms. The van der Waals surface area contributed by atoms with Crippen molar-refractivity contribution in [3.05, 3.63) is 71.8 Å². The lowest BCUT2D eigenvalue weighted by atomic mass is 9.95. The topological polar surface area (TPSA) is 146 Å². The number of benzene rings is 2. The standard InChI is InChI=1S/C44H65N5O8/c1-28(2)35(45-43(55)57-44(7,8)9)39(51)46(10)34(26-31-20-15-13-16-21-31)38(50)47(11)36(29(3)4)40(52)48(12)37(30(5)6)41(53)49-25-19-24-33(49)42(54)56-27-32-22-17-14-18-23-32/h13-18,20-23,28-30,33-37H,19,24-27H2,1-12H3,(H,45,55)/t33-,34+,35+,36?,37?/m1/s1. The summed E-state index contributed by atoms with van der Waals surface area (Å²) < 4.78 is 11.1. The van der Waals surface area contributed by atoms with E-state index < -0.39 is 65.6 Å². The second-order valence-corrected chi connectivity index (χ2v) is 17.1. The van der Waals surface area contributed by atoms with Gasteiger partial charge in [-0.3, -0.25) is 19.2 Å². The summed E-state index contributed by atoms with van der Waals surface area (Å²) in [6.45, 7) is 16.5. The zero-order valence-corrected chi connectivity index (χ0v) is 36.0. The minimum atomic E-state index is -1.05. The SMILES string of the molecule is CC(C)C(C(=O)N1CCC[C@@H]1C(=O)OCc1ccccc1)N(C)C(=O)C(C(C)C)N(C)C(=O)[C@H](Cc1ccccc1)N(C)C(=O)[C@@H](NC(=O)OC(C)(C)C)C(C)C. The van der Waals surface area contributed by atoms with Crippen LogP contribution >= 0.6 is 0 Å². The van der Waals surface area contributed by atoms with E-state index in [1.54, 1.807) is 48.7 Å². The summed E-state index contributed by atoms with van der Waals surface area (Å²) in [6, 6.07) is 13.8. The van der Waals surface area contributed by atoms with Crippen LogP contribution in [0.25, 0.3) is 0 Å². The Kier molecular flexibility index (Phi) is 16.7. The number of nitrogens with one attached hydrogen (secondary N) is 1. The molecule has 2 aromatic carbocycles. The maximum atomic E-state index is 14.7. The molecule has 1 aliphatic heterocycles. The molecule has 2 unspecified atom stereocenters. The molecule has 1 heterocycles. The van der Waals surface area contributed by atoms with Gasteiger partial charge in [0.05, 0.1) is 0 Å². The number of likely N-dealkylation sites (N-methyl/N-ethyl adjacent to an activating group) is 3. The number of ether oxygens (including phenoxy) is 2. The van der Waals surface area contributed by atoms with Gasteiger partial charge in [0.15, 0.2) is 0 Å². The van der Waals surface area contributed by atoms with Gasteiger partial charge >= 0.3 is 12.1 Å². The first kappa shape index (κ1) is 46.4. The Morgan fingerprint density at radius 2 is 1.25 bits per heavy atom. The molecule has 0 radical (unpaired) electrons. The van der Waals surface area contributed by atoms with Gasteiger partial charge in [-0.05, 0) is 62.5 Å². The predicted molar refractivity (Wildman–Crippen MR) is 218 cm³/mol. The summed E-state index contributed by atoms with van der Waals surface area (Å²) in [6.07, 6.45) is 0.458. The van der Waals surface area contributed by atoms with Crippen molar-refractivity contribution in [1.82, 2.24) is 24.9 Å². The van der Waals surface area contributed by atoms with Crippen LogP contribution in [0.15, 0.2) is 60.7 Å². The first-order valence-corrected chi connectivity index (χ1v) is 20.0. The van der Waals surface area contributed by atoms with Crippen molar-refractivity contribution in [2.24, 2.45) is 17.8 Å². The van der Waals surface area contributed by atoms with Crippen LogP contribution in [0.3, 0.4) is 0 Å². The molecular weight excluding hydrogens is 727 g/mol. The average molecular weight is 792 g/mol. The highest BCUT2D eigenvalue weighted by Crippen LogP contribution is 2.26. The van der Waals surface area contributed by atoms with Gasteiger partial charge in [-0.1, -0.05) is 102 Å². The zero-order valence-electron chi connectivity index (χ0n) is 36.0. The molecule has 0 aliphatic carbocycles. The second-order valence-electron chi connectivity index (χ2n) is 17.1. The summed E-state index contributed by atoms with van der Waals surface area (Å²) in [5.41, 5.74) is 0.844. The Balaban J connectivity index is 1.90. The third kappa shape index (κ3) is 12.5. The first-order chi connectivity index (χ1) is 26.7. The fraction of sp³-hybridized carbons (Fsp3) is 0.591. The number of amides is 5. The van der Waals surface area contributed by atoms with Crippen LogP contribution in [0.4, 0.5) is 4.79 Å². The van der Waals surface area contributed by atoms with E-state index in [2.05, 4.69) is 5.32 Å². The van der Waals surface area contributed by atoms with E-state index in [9.17, 15) is 28.8 Å². The molecular formula is C44H65N5O8. The normalized spacial score (nSPS) is 16.4. The number of likely N-dealkylation sites (tertiary alicyclic amines) is 1. The van der Waals surface area contributed by atoms with Crippen molar-refractivity contribution < 1.29 is 38.2 Å². The fourth-order valence-corrected chi connectivity index (χ4v) is 7.33. The van der Waals surface area contributed by atoms with Gasteiger partial charge in [0.25, 0.3) is 0 Å². The van der Waals surface area contributed by atoms with Crippen molar-refractivity contribution >= 4 is 35.7 Å². The third-order valence-electron chi connectivity index (χ3n) is 10.3. The molecule has 5 amide bonds. The van der Waals surface area contributed by atoms with E-state index in [0.29, 0.717) is 19.4 Å². The fourth-order valence-electron chi connectivity index (χ4n) is 7.33. The Bertz CT molecular complexity index is 1680. The average Bonchev–Trinajstić information content (AvgIpc) is 3.64. The molecule has 1 N–H and O–H groups in total. The molecule has 0 spiro atoms. The summed E-state index contributed by atoms with van der Waals surface area (Å²) in [5, 5.41) is 2.69. The molecule has 13 nitrogen and oxygen atoms in total. The molecule has 1 aliphatic rings. The minimum absolute atomic E-state index is 0.0884. The third-order valence-corrected chi connectivity index (χ3v) is 10.3. The quantitative estimate of drug-likeness (QED) is 0.226. The highest BCUT2D eigenvalue weighted by atomic mass is 16.6. The van der Waals surface area contributed by atoms with Gasteiger partial charge in [-0.2, -0.15) is 0 Å². The maximum Gasteiger partial charge on any atom is 0.408 e. The lowest BCUT2D eigenvalue weighted by molar-refractivity contribution is -0.159. The number of hydrogen-bond donors (Lipinski definition) is 1. The lowest BCUT2D eigenvalue weighted by Gasteiger charge is -2.41. The zero-order chi connectivity index (χ0) is 42.8. The Hall–Kier alpha value is -4.94. The van der Waals surface area contributed by atoms with Crippen LogP contribution in [0.1, 0.15) is 86.3 Å². The molecule has 5 atom stereocenters. The highest BCUT2D eigenvalue weighted by Gasteiger charge is 2.45. The molecule has 2 aromatic rings. The van der Waals surface area contributed by atoms with Crippen molar-refractivity contribution in [3.8, 4) is 0 Å². The molecule has 314 valence electrons. The Morgan fingerprint density at radius 3 is 1.75 bits per heavy atom. The summed E-state index contributed by atoms with van der Waals surface area (Å²) in [4.78, 5) is 89.5. The molecule has 57 heavy (non-hydrogen) atoms. The van der Waals surface area contributed by atoms with Crippen LogP contribution in [0.5, 0.6) is 0 Å². The monoisotopic (exact) mass is 791 g/mol. The number of nitrogens with zero attached hydrogens (tertiary/aromatic N) is 4. The molecule has 1 fully saturated rings. The predicted octanol–water partition coefficient (Wildman–Crippen LogP) is 5.31. The smallest absolute Gasteiger partial charge is 0.408 e. The van der Waals surface area contributed by atoms with E-state index in [1.807, 2.05) is 88.4 Å². The van der Waals surface area contributed by atoms with Gasteiger partial charge in [0.1, 0.15) is 42.4 Å². The molecule has 3 rings (SSSR count). The minimum Gasteiger partial charge on any atom is -0.459 e. The first-order valence-electron chi connectivity index (χ1n) is 20.0. The summed E-state index contributed by atoms with van der Waals surface area (Å²) in [5.74, 6) is -3.34. The van der Waals surface area contributed by atoms with E-state index in [4.69, 9.17) is 9.47 Å². The van der Waals surface area contributed by atoms with E-state index in [1.165, 1.54) is 26.6 Å². The van der Waals surface area contributed by atoms with Crippen LogP contribution in [0.2, 0.25) is 0 Å². The van der Waals surface area contributed by atoms with E-state index >= 15 is 0 Å². The summed E-state index contributed by atoms with van der Waals surface area (Å²) in [7, 11) is 4.63. The molecule has 1 saturated heterocycles. The van der Waals surface area contributed by atoms with Crippen molar-refractivity contribution in [2.75, 3.05) is 27.7 Å². The summed E-state index contributed by atoms with van der Waals surface area (Å²) >= 11 is 0. The number of hydrogen-bond acceptors (Lipinski definition) is 8. The Morgan fingerprint density at radius 1 is 0.719 bits per heavy atom. The van der Waals surface area contributed by atoms with E-state index in [-0.39, 0.29) is 36.7 Å². The number of alkyl carbamates (subject to hydrolysis) is 1. The van der Waals surface area contributed by atoms with E-state index in [0.717, 1.165) is 11.1 Å². The largest absolute Gasteiger partial charge is 0.459 e. The van der Waals surface area contributed by atoms with Crippen molar-refractivity contribution in [3.63, 3.8) is 0 Å². The number of carbonyl (C=O) groups excluding carboxylic acids is 6. The van der Waals surface area contributed by atoms with Crippen LogP contribution in [-0.2, 0) is 46.5 Å². The van der Waals surface area contributed by atoms with Crippen LogP contribution < -0.4 is 5.32 Å². The van der Waals surface area contributed by atoms with Gasteiger partial charge in [-0.25, -0.2) is 9.59 Å². The van der Waals surface area contributed by atoms with Gasteiger partial charge in [0.2, 0.25) is 23.6 Å². The van der Waals surface area contributed by atoms with Crippen molar-refractivity contribution in [2.45, 2.75) is 124 Å².